The molecule has 0 bridgehead atoms. The first-order valence-electron chi connectivity index (χ1n) is 10.5. The Labute approximate surface area is 193 Å². The Morgan fingerprint density at radius 1 is 1.23 bits per heavy atom. The monoisotopic (exact) mass is 456 g/mol. The van der Waals surface area contributed by atoms with Crippen LogP contribution in [0.2, 0.25) is 10.0 Å². The molecule has 0 aliphatic carbocycles. The Hall–Kier alpha value is -2.48. The van der Waals surface area contributed by atoms with E-state index < -0.39 is 11.5 Å². The molecule has 1 aliphatic heterocycles. The number of anilines is 1. The van der Waals surface area contributed by atoms with Crippen molar-refractivity contribution in [2.75, 3.05) is 11.9 Å². The van der Waals surface area contributed by atoms with E-state index in [0.717, 1.165) is 24.1 Å². The molecule has 2 aromatic rings. The molecule has 1 heterocycles. The lowest BCUT2D eigenvalue weighted by Crippen LogP contribution is -2.36. The van der Waals surface area contributed by atoms with Gasteiger partial charge in [-0.05, 0) is 67.7 Å². The third-order valence-corrected chi connectivity index (χ3v) is 5.99. The molecule has 0 fully saturated rings. The van der Waals surface area contributed by atoms with Crippen molar-refractivity contribution in [3.63, 3.8) is 0 Å². The minimum atomic E-state index is -0.574. The van der Waals surface area contributed by atoms with Gasteiger partial charge >= 0.3 is 0 Å². The Bertz CT molecular complexity index is 982. The van der Waals surface area contributed by atoms with E-state index in [2.05, 4.69) is 18.3 Å². The van der Waals surface area contributed by atoms with Crippen LogP contribution >= 0.6 is 23.2 Å². The SMILES string of the molecule is CCCC(C#N)(CC/C=C\C(=O)C1CNc2cc(Cl)ccc2O1)Cc1ccc(Cl)cc1. The number of benzene rings is 2. The third-order valence-electron chi connectivity index (χ3n) is 5.50. The van der Waals surface area contributed by atoms with E-state index in [0.29, 0.717) is 41.6 Å². The molecule has 0 saturated heterocycles. The molecule has 2 atom stereocenters. The molecule has 0 radical (unpaired) electrons. The zero-order chi connectivity index (χ0) is 22.3. The number of nitriles is 1. The summed E-state index contributed by atoms with van der Waals surface area (Å²) >= 11 is 12.0. The van der Waals surface area contributed by atoms with E-state index in [4.69, 9.17) is 27.9 Å². The zero-order valence-electron chi connectivity index (χ0n) is 17.5. The molecule has 0 aromatic heterocycles. The van der Waals surface area contributed by atoms with Crippen molar-refractivity contribution in [3.8, 4) is 11.8 Å². The van der Waals surface area contributed by atoms with Gasteiger partial charge in [-0.15, -0.1) is 0 Å². The van der Waals surface area contributed by atoms with Crippen molar-refractivity contribution in [1.29, 1.82) is 5.26 Å². The van der Waals surface area contributed by atoms with Gasteiger partial charge in [0.1, 0.15) is 5.75 Å². The summed E-state index contributed by atoms with van der Waals surface area (Å²) in [4.78, 5) is 12.6. The van der Waals surface area contributed by atoms with E-state index in [1.807, 2.05) is 30.3 Å². The van der Waals surface area contributed by atoms with Crippen LogP contribution in [0.1, 0.15) is 38.2 Å². The largest absolute Gasteiger partial charge is 0.478 e. The number of rotatable bonds is 9. The number of nitrogens with zero attached hydrogens (tertiary/aromatic N) is 1. The molecule has 0 amide bonds. The van der Waals surface area contributed by atoms with Gasteiger partial charge in [0.05, 0.1) is 23.7 Å². The average molecular weight is 457 g/mol. The number of allylic oxidation sites excluding steroid dienone is 1. The molecule has 2 unspecified atom stereocenters. The fourth-order valence-corrected chi connectivity index (χ4v) is 4.19. The third kappa shape index (κ3) is 6.26. The number of nitrogens with one attached hydrogen (secondary N) is 1. The fraction of sp³-hybridized carbons (Fsp3) is 0.360. The normalized spacial score (nSPS) is 17.2. The van der Waals surface area contributed by atoms with Gasteiger partial charge < -0.3 is 10.1 Å². The first-order chi connectivity index (χ1) is 14.9. The highest BCUT2D eigenvalue weighted by Gasteiger charge is 2.29. The first-order valence-corrected chi connectivity index (χ1v) is 11.3. The van der Waals surface area contributed by atoms with Crippen molar-refractivity contribution in [2.24, 2.45) is 5.41 Å². The summed E-state index contributed by atoms with van der Waals surface area (Å²) in [6.45, 7) is 2.48. The van der Waals surface area contributed by atoms with Crippen LogP contribution in [-0.4, -0.2) is 18.4 Å². The number of ether oxygens (including phenoxy) is 1. The van der Waals surface area contributed by atoms with Crippen LogP contribution in [0, 0.1) is 16.7 Å². The molecule has 3 rings (SSSR count). The highest BCUT2D eigenvalue weighted by atomic mass is 35.5. The highest BCUT2D eigenvalue weighted by Crippen LogP contribution is 2.34. The number of hydrogen-bond donors (Lipinski definition) is 1. The summed E-state index contributed by atoms with van der Waals surface area (Å²) in [5, 5.41) is 14.4. The zero-order valence-corrected chi connectivity index (χ0v) is 19.0. The van der Waals surface area contributed by atoms with Gasteiger partial charge in [-0.2, -0.15) is 5.26 Å². The molecule has 2 aromatic carbocycles. The molecule has 1 aliphatic rings. The summed E-state index contributed by atoms with van der Waals surface area (Å²) < 4.78 is 5.81. The van der Waals surface area contributed by atoms with Crippen molar-refractivity contribution in [2.45, 2.75) is 45.1 Å². The smallest absolute Gasteiger partial charge is 0.197 e. The number of fused-ring (bicyclic) bond motifs is 1. The number of halogens is 2. The van der Waals surface area contributed by atoms with E-state index in [1.54, 1.807) is 24.3 Å². The fourth-order valence-electron chi connectivity index (χ4n) is 3.89. The van der Waals surface area contributed by atoms with Gasteiger partial charge in [-0.1, -0.05) is 54.8 Å². The first kappa shape index (κ1) is 23.2. The molecule has 1 N–H and O–H groups in total. The molecule has 6 heteroatoms. The Morgan fingerprint density at radius 3 is 2.68 bits per heavy atom. The maximum absolute atomic E-state index is 12.6. The van der Waals surface area contributed by atoms with Crippen LogP contribution in [-0.2, 0) is 11.2 Å². The molecular weight excluding hydrogens is 431 g/mol. The van der Waals surface area contributed by atoms with Gasteiger partial charge in [0.15, 0.2) is 11.9 Å². The molecule has 162 valence electrons. The van der Waals surface area contributed by atoms with Crippen LogP contribution in [0.3, 0.4) is 0 Å². The second-order valence-electron chi connectivity index (χ2n) is 7.92. The maximum Gasteiger partial charge on any atom is 0.197 e. The van der Waals surface area contributed by atoms with Crippen molar-refractivity contribution < 1.29 is 9.53 Å². The topological polar surface area (TPSA) is 62.1 Å². The Morgan fingerprint density at radius 2 is 1.97 bits per heavy atom. The van der Waals surface area contributed by atoms with Crippen molar-refractivity contribution in [1.82, 2.24) is 0 Å². The lowest BCUT2D eigenvalue weighted by molar-refractivity contribution is -0.120. The van der Waals surface area contributed by atoms with Crippen molar-refractivity contribution >= 4 is 34.7 Å². The quantitative estimate of drug-likeness (QED) is 0.430. The Kier molecular flexibility index (Phi) is 8.01. The van der Waals surface area contributed by atoms with Gasteiger partial charge in [0.2, 0.25) is 0 Å². The molecular formula is C25H26Cl2N2O2. The summed E-state index contributed by atoms with van der Waals surface area (Å²) in [5.74, 6) is 0.528. The minimum absolute atomic E-state index is 0.0937. The minimum Gasteiger partial charge on any atom is -0.478 e. The number of hydrogen-bond acceptors (Lipinski definition) is 4. The van der Waals surface area contributed by atoms with Gasteiger partial charge in [0.25, 0.3) is 0 Å². The van der Waals surface area contributed by atoms with E-state index in [9.17, 15) is 10.1 Å². The highest BCUT2D eigenvalue weighted by molar-refractivity contribution is 6.31. The lowest BCUT2D eigenvalue weighted by Gasteiger charge is -2.26. The molecule has 31 heavy (non-hydrogen) atoms. The summed E-state index contributed by atoms with van der Waals surface area (Å²) in [5.41, 5.74) is 1.43. The molecule has 0 spiro atoms. The Balaban J connectivity index is 1.58. The second-order valence-corrected chi connectivity index (χ2v) is 8.79. The summed E-state index contributed by atoms with van der Waals surface area (Å²) in [7, 11) is 0. The second kappa shape index (κ2) is 10.7. The molecule has 0 saturated carbocycles. The standard InChI is InChI=1S/C25H26Cl2N2O2/c1-2-12-25(17-28,15-18-6-8-19(26)9-7-18)13-4-3-5-22(30)24-16-29-21-14-20(27)10-11-23(21)31-24/h3,5-11,14,24,29H,2,4,12-13,15-16H2,1H3/b5-3-. The van der Waals surface area contributed by atoms with Gasteiger partial charge in [-0.25, -0.2) is 0 Å². The average Bonchev–Trinajstić information content (AvgIpc) is 2.77. The number of carbonyl (C=O) groups excluding carboxylic acids is 1. The van der Waals surface area contributed by atoms with Gasteiger partial charge in [0, 0.05) is 10.0 Å². The van der Waals surface area contributed by atoms with Crippen LogP contribution in [0.4, 0.5) is 5.69 Å². The lowest BCUT2D eigenvalue weighted by atomic mass is 9.75. The van der Waals surface area contributed by atoms with E-state index >= 15 is 0 Å². The predicted octanol–water partition coefficient (Wildman–Crippen LogP) is 6.62. The van der Waals surface area contributed by atoms with Gasteiger partial charge in [-0.3, -0.25) is 4.79 Å². The summed E-state index contributed by atoms with van der Waals surface area (Å²) in [6.07, 6.45) is 6.60. The van der Waals surface area contributed by atoms with Crippen LogP contribution < -0.4 is 10.1 Å². The number of carbonyl (C=O) groups is 1. The van der Waals surface area contributed by atoms with Crippen molar-refractivity contribution in [3.05, 3.63) is 70.2 Å². The number of ketones is 1. The van der Waals surface area contributed by atoms with E-state index in [1.165, 1.54) is 0 Å². The molecule has 4 nitrogen and oxygen atoms in total. The predicted molar refractivity (Wildman–Crippen MR) is 126 cm³/mol. The maximum atomic E-state index is 12.6. The van der Waals surface area contributed by atoms with Crippen LogP contribution in [0.5, 0.6) is 5.75 Å². The van der Waals surface area contributed by atoms with E-state index in [-0.39, 0.29) is 5.78 Å². The van der Waals surface area contributed by atoms with Crippen LogP contribution in [0.15, 0.2) is 54.6 Å². The summed E-state index contributed by atoms with van der Waals surface area (Å²) in [6, 6.07) is 15.5. The van der Waals surface area contributed by atoms with Crippen LogP contribution in [0.25, 0.3) is 0 Å².